The fraction of sp³-hybridized carbons (Fsp3) is 0.200. The summed E-state index contributed by atoms with van der Waals surface area (Å²) in [5.41, 5.74) is 1.88. The fourth-order valence-corrected chi connectivity index (χ4v) is 4.49. The molecule has 0 aliphatic carbocycles. The van der Waals surface area contributed by atoms with Crippen LogP contribution in [0.3, 0.4) is 0 Å². The van der Waals surface area contributed by atoms with Crippen molar-refractivity contribution in [3.05, 3.63) is 63.0 Å². The Bertz CT molecular complexity index is 900. The molecular weight excluding hydrogens is 446 g/mol. The van der Waals surface area contributed by atoms with Crippen molar-refractivity contribution < 1.29 is 14.3 Å². The molecule has 4 nitrogen and oxygen atoms in total. The standard InChI is InChI=1S/C20H18BrNO3S2/c1-3-25-18-15(21)9-14(10-16(18)24-2)11-17-19(23)22(20(26)27-17)12-13-7-5-4-6-8-13/h4-11H,3,12H2,1-2H3/b17-11-. The summed E-state index contributed by atoms with van der Waals surface area (Å²) >= 11 is 10.2. The van der Waals surface area contributed by atoms with Crippen LogP contribution in [0.1, 0.15) is 18.1 Å². The summed E-state index contributed by atoms with van der Waals surface area (Å²) in [5, 5.41) is 0. The molecule has 0 radical (unpaired) electrons. The second-order valence-electron chi connectivity index (χ2n) is 5.72. The molecular formula is C20H18BrNO3S2. The quantitative estimate of drug-likeness (QED) is 0.431. The van der Waals surface area contributed by atoms with Gasteiger partial charge in [0.15, 0.2) is 11.5 Å². The van der Waals surface area contributed by atoms with Gasteiger partial charge in [-0.15, -0.1) is 0 Å². The van der Waals surface area contributed by atoms with Gasteiger partial charge in [0.05, 0.1) is 29.6 Å². The molecule has 1 aliphatic heterocycles. The first kappa shape index (κ1) is 19.9. The maximum Gasteiger partial charge on any atom is 0.266 e. The second kappa shape index (κ2) is 8.91. The number of hydrogen-bond donors (Lipinski definition) is 0. The highest BCUT2D eigenvalue weighted by atomic mass is 79.9. The van der Waals surface area contributed by atoms with Crippen LogP contribution < -0.4 is 9.47 Å². The lowest BCUT2D eigenvalue weighted by Gasteiger charge is -2.14. The molecule has 0 saturated carbocycles. The molecule has 0 spiro atoms. The Morgan fingerprint density at radius 3 is 2.67 bits per heavy atom. The minimum atomic E-state index is -0.0853. The third kappa shape index (κ3) is 4.54. The van der Waals surface area contributed by atoms with Crippen LogP contribution in [0.2, 0.25) is 0 Å². The topological polar surface area (TPSA) is 38.8 Å². The monoisotopic (exact) mass is 463 g/mol. The van der Waals surface area contributed by atoms with Crippen molar-refractivity contribution in [3.8, 4) is 11.5 Å². The van der Waals surface area contributed by atoms with E-state index in [-0.39, 0.29) is 5.91 Å². The molecule has 0 unspecified atom stereocenters. The molecule has 0 atom stereocenters. The van der Waals surface area contributed by atoms with Crippen molar-refractivity contribution in [2.75, 3.05) is 13.7 Å². The number of thiocarbonyl (C=S) groups is 1. The van der Waals surface area contributed by atoms with Gasteiger partial charge < -0.3 is 9.47 Å². The van der Waals surface area contributed by atoms with E-state index in [0.717, 1.165) is 15.6 Å². The summed E-state index contributed by atoms with van der Waals surface area (Å²) in [4.78, 5) is 15.0. The van der Waals surface area contributed by atoms with Gasteiger partial charge in [0, 0.05) is 0 Å². The number of carbonyl (C=O) groups excluding carboxylic acids is 1. The van der Waals surface area contributed by atoms with Crippen LogP contribution in [0.25, 0.3) is 6.08 Å². The van der Waals surface area contributed by atoms with Crippen molar-refractivity contribution >= 4 is 56.2 Å². The van der Waals surface area contributed by atoms with Crippen LogP contribution in [0.15, 0.2) is 51.8 Å². The number of benzene rings is 2. The average Bonchev–Trinajstić information content (AvgIpc) is 2.92. The molecule has 0 aromatic heterocycles. The van der Waals surface area contributed by atoms with Crippen molar-refractivity contribution in [1.29, 1.82) is 0 Å². The lowest BCUT2D eigenvalue weighted by Crippen LogP contribution is -2.27. The van der Waals surface area contributed by atoms with Crippen LogP contribution in [-0.2, 0) is 11.3 Å². The number of thioether (sulfide) groups is 1. The van der Waals surface area contributed by atoms with E-state index >= 15 is 0 Å². The highest BCUT2D eigenvalue weighted by molar-refractivity contribution is 9.10. The van der Waals surface area contributed by atoms with Crippen molar-refractivity contribution in [2.45, 2.75) is 13.5 Å². The number of carbonyl (C=O) groups is 1. The highest BCUT2D eigenvalue weighted by Crippen LogP contribution is 2.39. The number of halogens is 1. The van der Waals surface area contributed by atoms with Gasteiger partial charge in [-0.05, 0) is 52.2 Å². The predicted octanol–water partition coefficient (Wildman–Crippen LogP) is 5.26. The van der Waals surface area contributed by atoms with Crippen LogP contribution in [-0.4, -0.2) is 28.8 Å². The van der Waals surface area contributed by atoms with Crippen LogP contribution >= 0.6 is 39.9 Å². The Hall–Kier alpha value is -1.83. The molecule has 2 aromatic carbocycles. The van der Waals surface area contributed by atoms with Gasteiger partial charge in [0.1, 0.15) is 4.32 Å². The number of nitrogens with zero attached hydrogens (tertiary/aromatic N) is 1. The molecule has 3 rings (SSSR count). The zero-order valence-corrected chi connectivity index (χ0v) is 18.1. The van der Waals surface area contributed by atoms with Crippen molar-refractivity contribution in [3.63, 3.8) is 0 Å². The molecule has 1 heterocycles. The summed E-state index contributed by atoms with van der Waals surface area (Å²) < 4.78 is 12.4. The van der Waals surface area contributed by atoms with Crippen LogP contribution in [0.4, 0.5) is 0 Å². The Kier molecular flexibility index (Phi) is 6.57. The van der Waals surface area contributed by atoms with Crippen LogP contribution in [0, 0.1) is 0 Å². The van der Waals surface area contributed by atoms with Gasteiger partial charge in [-0.25, -0.2) is 0 Å². The Balaban J connectivity index is 1.86. The summed E-state index contributed by atoms with van der Waals surface area (Å²) in [6.07, 6.45) is 1.83. The lowest BCUT2D eigenvalue weighted by molar-refractivity contribution is -0.122. The van der Waals surface area contributed by atoms with Crippen LogP contribution in [0.5, 0.6) is 11.5 Å². The molecule has 0 N–H and O–H groups in total. The number of amides is 1. The minimum absolute atomic E-state index is 0.0853. The summed E-state index contributed by atoms with van der Waals surface area (Å²) in [7, 11) is 1.59. The SMILES string of the molecule is CCOc1c(Br)cc(/C=C2\SC(=S)N(Cc3ccccc3)C2=O)cc1OC. The third-order valence-electron chi connectivity index (χ3n) is 3.90. The van der Waals surface area contributed by atoms with E-state index in [1.807, 2.05) is 55.5 Å². The van der Waals surface area contributed by atoms with E-state index in [2.05, 4.69) is 15.9 Å². The Labute approximate surface area is 176 Å². The molecule has 1 amide bonds. The minimum Gasteiger partial charge on any atom is -0.493 e. The van der Waals surface area contributed by atoms with E-state index in [0.29, 0.717) is 33.9 Å². The fourth-order valence-electron chi connectivity index (χ4n) is 2.66. The highest BCUT2D eigenvalue weighted by Gasteiger charge is 2.32. The molecule has 7 heteroatoms. The van der Waals surface area contributed by atoms with E-state index < -0.39 is 0 Å². The molecule has 0 bridgehead atoms. The van der Waals surface area contributed by atoms with E-state index in [4.69, 9.17) is 21.7 Å². The largest absolute Gasteiger partial charge is 0.493 e. The molecule has 27 heavy (non-hydrogen) atoms. The Morgan fingerprint density at radius 1 is 1.26 bits per heavy atom. The van der Waals surface area contributed by atoms with E-state index in [1.54, 1.807) is 12.0 Å². The Morgan fingerprint density at radius 2 is 2.00 bits per heavy atom. The first-order chi connectivity index (χ1) is 13.0. The van der Waals surface area contributed by atoms with Crippen molar-refractivity contribution in [2.24, 2.45) is 0 Å². The van der Waals surface area contributed by atoms with Gasteiger partial charge in [-0.3, -0.25) is 9.69 Å². The average molecular weight is 464 g/mol. The number of rotatable bonds is 6. The zero-order valence-electron chi connectivity index (χ0n) is 14.9. The number of ether oxygens (including phenoxy) is 2. The molecule has 1 fully saturated rings. The lowest BCUT2D eigenvalue weighted by atomic mass is 10.1. The normalized spacial score (nSPS) is 15.5. The second-order valence-corrected chi connectivity index (χ2v) is 8.25. The molecule has 140 valence electrons. The molecule has 1 saturated heterocycles. The first-order valence-electron chi connectivity index (χ1n) is 8.33. The van der Waals surface area contributed by atoms with E-state index in [1.165, 1.54) is 11.8 Å². The van der Waals surface area contributed by atoms with Crippen molar-refractivity contribution in [1.82, 2.24) is 4.90 Å². The number of hydrogen-bond acceptors (Lipinski definition) is 5. The summed E-state index contributed by atoms with van der Waals surface area (Å²) in [5.74, 6) is 1.17. The van der Waals surface area contributed by atoms with Gasteiger partial charge in [-0.1, -0.05) is 54.3 Å². The molecule has 2 aromatic rings. The number of methoxy groups -OCH3 is 1. The van der Waals surface area contributed by atoms with Gasteiger partial charge in [-0.2, -0.15) is 0 Å². The smallest absolute Gasteiger partial charge is 0.266 e. The van der Waals surface area contributed by atoms with Gasteiger partial charge >= 0.3 is 0 Å². The maximum atomic E-state index is 12.8. The predicted molar refractivity (Wildman–Crippen MR) is 117 cm³/mol. The van der Waals surface area contributed by atoms with Gasteiger partial charge in [0.2, 0.25) is 0 Å². The molecule has 1 aliphatic rings. The zero-order chi connectivity index (χ0) is 19.4. The summed E-state index contributed by atoms with van der Waals surface area (Å²) in [6.45, 7) is 2.92. The third-order valence-corrected chi connectivity index (χ3v) is 5.86. The maximum absolute atomic E-state index is 12.8. The van der Waals surface area contributed by atoms with Gasteiger partial charge in [0.25, 0.3) is 5.91 Å². The van der Waals surface area contributed by atoms with E-state index in [9.17, 15) is 4.79 Å². The first-order valence-corrected chi connectivity index (χ1v) is 10.3. The summed E-state index contributed by atoms with van der Waals surface area (Å²) in [6, 6.07) is 13.6.